The van der Waals surface area contributed by atoms with Crippen LogP contribution < -0.4 is 4.72 Å². The minimum atomic E-state index is -3.95. The molecule has 3 atom stereocenters. The van der Waals surface area contributed by atoms with Crippen LogP contribution in [0.4, 0.5) is 0 Å². The lowest BCUT2D eigenvalue weighted by atomic mass is 10.1. The molecule has 3 aliphatic heterocycles. The largest absolute Gasteiger partial charge is 0.337 e. The van der Waals surface area contributed by atoms with E-state index in [0.29, 0.717) is 48.3 Å². The molecular formula is C29H36ClN5O6S4. The molecule has 2 aromatic heterocycles. The minimum Gasteiger partial charge on any atom is -0.337 e. The van der Waals surface area contributed by atoms with Crippen molar-refractivity contribution in [3.8, 4) is 0 Å². The predicted molar refractivity (Wildman–Crippen MR) is 176 cm³/mol. The van der Waals surface area contributed by atoms with Crippen LogP contribution in [0.2, 0.25) is 5.02 Å². The van der Waals surface area contributed by atoms with Gasteiger partial charge in [0.15, 0.2) is 0 Å². The molecule has 0 spiro atoms. The van der Waals surface area contributed by atoms with E-state index in [1.165, 1.54) is 20.5 Å². The van der Waals surface area contributed by atoms with Crippen molar-refractivity contribution in [3.63, 3.8) is 0 Å². The van der Waals surface area contributed by atoms with Gasteiger partial charge in [-0.25, -0.2) is 16.8 Å². The molecule has 5 heterocycles. The van der Waals surface area contributed by atoms with Gasteiger partial charge < -0.3 is 9.80 Å². The van der Waals surface area contributed by atoms with Crippen molar-refractivity contribution in [1.82, 2.24) is 23.7 Å². The lowest BCUT2D eigenvalue weighted by Crippen LogP contribution is -2.55. The van der Waals surface area contributed by atoms with E-state index in [9.17, 15) is 26.4 Å². The quantitative estimate of drug-likeness (QED) is 0.342. The van der Waals surface area contributed by atoms with Crippen LogP contribution in [0.25, 0.3) is 10.1 Å². The van der Waals surface area contributed by atoms with E-state index < -0.39 is 32.0 Å². The molecule has 0 radical (unpaired) electrons. The van der Waals surface area contributed by atoms with Crippen LogP contribution in [0, 0.1) is 0 Å². The number of benzene rings is 1. The third kappa shape index (κ3) is 6.96. The molecule has 3 saturated heterocycles. The van der Waals surface area contributed by atoms with Crippen molar-refractivity contribution < 1.29 is 26.4 Å². The number of carbonyl (C=O) groups is 2. The normalized spacial score (nSPS) is 23.5. The van der Waals surface area contributed by atoms with Gasteiger partial charge in [0, 0.05) is 55.0 Å². The van der Waals surface area contributed by atoms with E-state index in [1.807, 2.05) is 4.90 Å². The first-order valence-corrected chi connectivity index (χ1v) is 20.0. The Kier molecular flexibility index (Phi) is 9.61. The number of fused-ring (bicyclic) bond motifs is 1. The van der Waals surface area contributed by atoms with Gasteiger partial charge in [0.1, 0.15) is 14.5 Å². The molecule has 3 aromatic rings. The average Bonchev–Trinajstić information content (AvgIpc) is 3.82. The van der Waals surface area contributed by atoms with E-state index in [-0.39, 0.29) is 28.7 Å². The second-order valence-corrected chi connectivity index (χ2v) is 18.5. The SMILES string of the molecule is CN(C1CCN(C[C@@H]2CCCN2C(=O)CN2CCC[C@H](NS(=O)(=O)c3cc4cc(Cl)ccc4s3)C2=O)C1)S(=O)(=O)c1cccs1. The summed E-state index contributed by atoms with van der Waals surface area (Å²) in [6.45, 7) is 2.87. The highest BCUT2D eigenvalue weighted by Gasteiger charge is 2.39. The zero-order valence-electron chi connectivity index (χ0n) is 24.8. The summed E-state index contributed by atoms with van der Waals surface area (Å²) in [5, 5.41) is 2.99. The number of carbonyl (C=O) groups excluding carboxylic acids is 2. The van der Waals surface area contributed by atoms with Crippen LogP contribution in [-0.2, 0) is 29.6 Å². The molecule has 0 bridgehead atoms. The maximum atomic E-state index is 13.5. The van der Waals surface area contributed by atoms with Crippen molar-refractivity contribution >= 4 is 76.2 Å². The van der Waals surface area contributed by atoms with Gasteiger partial charge in [0.05, 0.1) is 6.54 Å². The molecule has 1 unspecified atom stereocenters. The van der Waals surface area contributed by atoms with Crippen LogP contribution in [0.15, 0.2) is 50.2 Å². The number of piperidine rings is 1. The molecule has 244 valence electrons. The fourth-order valence-corrected chi connectivity index (χ4v) is 11.9. The molecule has 16 heteroatoms. The van der Waals surface area contributed by atoms with E-state index >= 15 is 0 Å². The first kappa shape index (κ1) is 32.8. The Bertz CT molecular complexity index is 1780. The summed E-state index contributed by atoms with van der Waals surface area (Å²) in [4.78, 5) is 32.4. The number of halogens is 1. The Balaban J connectivity index is 1.04. The minimum absolute atomic E-state index is 0.0221. The Morgan fingerprint density at radius 2 is 1.84 bits per heavy atom. The number of thiophene rings is 2. The van der Waals surface area contributed by atoms with Crippen LogP contribution in [0.1, 0.15) is 32.1 Å². The first-order valence-electron chi connectivity index (χ1n) is 15.0. The van der Waals surface area contributed by atoms with Crippen molar-refractivity contribution in [2.45, 2.75) is 58.6 Å². The van der Waals surface area contributed by atoms with Crippen LogP contribution in [0.5, 0.6) is 0 Å². The fraction of sp³-hybridized carbons (Fsp3) is 0.517. The van der Waals surface area contributed by atoms with Crippen molar-refractivity contribution in [2.75, 3.05) is 46.3 Å². The molecule has 2 amide bonds. The van der Waals surface area contributed by atoms with Gasteiger partial charge in [-0.15, -0.1) is 22.7 Å². The molecule has 0 aliphatic carbocycles. The van der Waals surface area contributed by atoms with E-state index in [1.54, 1.807) is 48.8 Å². The summed E-state index contributed by atoms with van der Waals surface area (Å²) in [5.74, 6) is -0.542. The number of likely N-dealkylation sites (tertiary alicyclic amines) is 3. The summed E-state index contributed by atoms with van der Waals surface area (Å²) in [6.07, 6.45) is 3.36. The number of hydrogen-bond donors (Lipinski definition) is 1. The van der Waals surface area contributed by atoms with Crippen LogP contribution in [0.3, 0.4) is 0 Å². The Morgan fingerprint density at radius 3 is 2.62 bits per heavy atom. The maximum Gasteiger partial charge on any atom is 0.252 e. The summed E-state index contributed by atoms with van der Waals surface area (Å²) in [7, 11) is -5.86. The highest BCUT2D eigenvalue weighted by molar-refractivity contribution is 7.92. The third-order valence-corrected chi connectivity index (χ3v) is 15.5. The highest BCUT2D eigenvalue weighted by atomic mass is 35.5. The third-order valence-electron chi connectivity index (χ3n) is 8.93. The van der Waals surface area contributed by atoms with Crippen LogP contribution in [-0.4, -0.2) is 112 Å². The Hall–Kier alpha value is -2.11. The van der Waals surface area contributed by atoms with E-state index in [0.717, 1.165) is 47.2 Å². The number of amides is 2. The zero-order chi connectivity index (χ0) is 31.9. The number of rotatable bonds is 10. The molecule has 1 N–H and O–H groups in total. The lowest BCUT2D eigenvalue weighted by molar-refractivity contribution is -0.143. The topological polar surface area (TPSA) is 127 Å². The predicted octanol–water partition coefficient (Wildman–Crippen LogP) is 3.27. The van der Waals surface area contributed by atoms with Gasteiger partial charge in [-0.3, -0.25) is 14.5 Å². The number of hydrogen-bond acceptors (Lipinski definition) is 9. The summed E-state index contributed by atoms with van der Waals surface area (Å²) in [5.41, 5.74) is 0. The summed E-state index contributed by atoms with van der Waals surface area (Å²) < 4.78 is 57.7. The molecule has 1 aromatic carbocycles. The van der Waals surface area contributed by atoms with Crippen molar-refractivity contribution in [2.24, 2.45) is 0 Å². The van der Waals surface area contributed by atoms with Gasteiger partial charge in [0.2, 0.25) is 11.8 Å². The van der Waals surface area contributed by atoms with Crippen molar-refractivity contribution in [3.05, 3.63) is 46.8 Å². The monoisotopic (exact) mass is 713 g/mol. The van der Waals surface area contributed by atoms with Crippen LogP contribution >= 0.6 is 34.3 Å². The highest BCUT2D eigenvalue weighted by Crippen LogP contribution is 2.32. The molecule has 3 aliphatic rings. The van der Waals surface area contributed by atoms with Gasteiger partial charge in [-0.2, -0.15) is 9.03 Å². The smallest absolute Gasteiger partial charge is 0.252 e. The molecule has 0 saturated carbocycles. The lowest BCUT2D eigenvalue weighted by Gasteiger charge is -2.35. The molecule has 11 nitrogen and oxygen atoms in total. The number of nitrogens with one attached hydrogen (secondary N) is 1. The van der Waals surface area contributed by atoms with Gasteiger partial charge in [-0.1, -0.05) is 17.7 Å². The Morgan fingerprint density at radius 1 is 1.04 bits per heavy atom. The first-order chi connectivity index (χ1) is 21.4. The summed E-state index contributed by atoms with van der Waals surface area (Å²) in [6, 6.07) is 8.98. The maximum absolute atomic E-state index is 13.5. The standard InChI is InChI=1S/C29H36ClN5O6S4/c1-32(45(40,41)27-7-4-14-42-27)22-10-13-33(17-22)18-23-5-2-12-35(23)26(36)19-34-11-3-6-24(29(34)37)31-44(38,39)28-16-20-15-21(30)8-9-25(20)43-28/h4,7-9,14-16,22-24,31H,2-3,5-6,10-13,17-19H2,1H3/t22?,23-,24-/m0/s1. The van der Waals surface area contributed by atoms with E-state index in [2.05, 4.69) is 9.62 Å². The second-order valence-electron chi connectivity index (χ2n) is 11.9. The van der Waals surface area contributed by atoms with Gasteiger partial charge in [-0.05, 0) is 79.7 Å². The number of nitrogens with zero attached hydrogens (tertiary/aromatic N) is 4. The molecular weight excluding hydrogens is 678 g/mol. The molecule has 3 fully saturated rings. The zero-order valence-corrected chi connectivity index (χ0v) is 28.8. The fourth-order valence-electron chi connectivity index (χ4n) is 6.50. The average molecular weight is 714 g/mol. The molecule has 45 heavy (non-hydrogen) atoms. The number of likely N-dealkylation sites (N-methyl/N-ethyl adjacent to an activating group) is 1. The van der Waals surface area contributed by atoms with Gasteiger partial charge in [0.25, 0.3) is 20.0 Å². The summed E-state index contributed by atoms with van der Waals surface area (Å²) >= 11 is 8.38. The number of sulfonamides is 2. The molecule has 6 rings (SSSR count). The Labute approximate surface area is 276 Å². The second kappa shape index (κ2) is 13.2. The van der Waals surface area contributed by atoms with Crippen molar-refractivity contribution in [1.29, 1.82) is 0 Å². The van der Waals surface area contributed by atoms with E-state index in [4.69, 9.17) is 11.6 Å². The van der Waals surface area contributed by atoms with Gasteiger partial charge >= 0.3 is 0 Å².